The molecule has 2 aromatic heterocycles. The molecule has 0 aliphatic heterocycles. The lowest BCUT2D eigenvalue weighted by Crippen LogP contribution is -1.99. The molecule has 6 heteroatoms. The fraction of sp³-hybridized carbons (Fsp3) is 0.200. The highest BCUT2D eigenvalue weighted by Crippen LogP contribution is 2.36. The molecule has 0 radical (unpaired) electrons. The van der Waals surface area contributed by atoms with Gasteiger partial charge in [-0.1, -0.05) is 23.2 Å². The van der Waals surface area contributed by atoms with E-state index in [0.29, 0.717) is 33.8 Å². The van der Waals surface area contributed by atoms with Crippen LogP contribution in [0.15, 0.2) is 24.3 Å². The molecule has 2 heterocycles. The molecule has 1 aromatic carbocycles. The number of aromatic hydroxyl groups is 1. The summed E-state index contributed by atoms with van der Waals surface area (Å²) in [6.45, 7) is 4.61. The Hall–Kier alpha value is -1.78. The van der Waals surface area contributed by atoms with Gasteiger partial charge in [0.25, 0.3) is 0 Å². The molecular formula is C15H13Cl2N3O. The number of rotatable bonds is 2. The van der Waals surface area contributed by atoms with E-state index in [2.05, 4.69) is 9.97 Å². The third-order valence-electron chi connectivity index (χ3n) is 3.40. The second kappa shape index (κ2) is 5.20. The minimum absolute atomic E-state index is 0.108. The van der Waals surface area contributed by atoms with Gasteiger partial charge in [-0.25, -0.2) is 9.97 Å². The van der Waals surface area contributed by atoms with Gasteiger partial charge in [-0.15, -0.1) is 0 Å². The summed E-state index contributed by atoms with van der Waals surface area (Å²) in [7, 11) is 0. The fourth-order valence-electron chi connectivity index (χ4n) is 2.51. The number of hydrogen-bond donors (Lipinski definition) is 1. The molecule has 0 aliphatic carbocycles. The van der Waals surface area contributed by atoms with E-state index in [1.54, 1.807) is 12.1 Å². The van der Waals surface area contributed by atoms with E-state index in [-0.39, 0.29) is 5.75 Å². The van der Waals surface area contributed by atoms with Gasteiger partial charge in [-0.3, -0.25) is 0 Å². The van der Waals surface area contributed by atoms with Crippen molar-refractivity contribution in [3.05, 3.63) is 40.0 Å². The normalized spacial score (nSPS) is 11.2. The van der Waals surface area contributed by atoms with Crippen molar-refractivity contribution in [1.82, 2.24) is 14.5 Å². The van der Waals surface area contributed by atoms with Crippen molar-refractivity contribution in [3.63, 3.8) is 0 Å². The molecular weight excluding hydrogens is 309 g/mol. The molecule has 0 bridgehead atoms. The van der Waals surface area contributed by atoms with Gasteiger partial charge >= 0.3 is 0 Å². The summed E-state index contributed by atoms with van der Waals surface area (Å²) in [5, 5.41) is 11.1. The Morgan fingerprint density at radius 2 is 1.95 bits per heavy atom. The first-order valence-corrected chi connectivity index (χ1v) is 7.29. The first kappa shape index (κ1) is 14.2. The number of aryl methyl sites for hydroxylation is 2. The van der Waals surface area contributed by atoms with E-state index in [0.717, 1.165) is 11.1 Å². The molecule has 3 rings (SSSR count). The number of hydrogen-bond acceptors (Lipinski definition) is 3. The van der Waals surface area contributed by atoms with Gasteiger partial charge in [0.05, 0.1) is 11.1 Å². The Kier molecular flexibility index (Phi) is 3.51. The number of phenols is 1. The molecule has 0 amide bonds. The minimum atomic E-state index is 0.108. The number of fused-ring (bicyclic) bond motifs is 1. The Morgan fingerprint density at radius 3 is 2.62 bits per heavy atom. The Bertz CT molecular complexity index is 819. The van der Waals surface area contributed by atoms with Crippen molar-refractivity contribution < 1.29 is 5.11 Å². The molecule has 21 heavy (non-hydrogen) atoms. The van der Waals surface area contributed by atoms with Crippen LogP contribution in [0.3, 0.4) is 0 Å². The highest BCUT2D eigenvalue weighted by Gasteiger charge is 2.18. The molecule has 0 spiro atoms. The predicted octanol–water partition coefficient (Wildman–Crippen LogP) is 4.44. The van der Waals surface area contributed by atoms with Crippen LogP contribution >= 0.6 is 23.2 Å². The van der Waals surface area contributed by atoms with Crippen LogP contribution in [-0.4, -0.2) is 19.6 Å². The van der Waals surface area contributed by atoms with Crippen LogP contribution in [0.1, 0.15) is 12.5 Å². The van der Waals surface area contributed by atoms with Crippen molar-refractivity contribution in [1.29, 1.82) is 0 Å². The van der Waals surface area contributed by atoms with Gasteiger partial charge in [-0.05, 0) is 43.7 Å². The van der Waals surface area contributed by atoms with Gasteiger partial charge in [0.2, 0.25) is 0 Å². The summed E-state index contributed by atoms with van der Waals surface area (Å²) < 4.78 is 1.99. The van der Waals surface area contributed by atoms with Crippen LogP contribution in [-0.2, 0) is 6.54 Å². The SMILES string of the molecule is CCn1c(-c2c(C)cc(Cl)cc2O)nc2nc(Cl)ccc21. The Balaban J connectivity index is 2.35. The zero-order valence-electron chi connectivity index (χ0n) is 11.6. The summed E-state index contributed by atoms with van der Waals surface area (Å²) in [4.78, 5) is 8.76. The molecule has 0 unspecified atom stereocenters. The maximum absolute atomic E-state index is 10.2. The zero-order valence-corrected chi connectivity index (χ0v) is 13.1. The van der Waals surface area contributed by atoms with E-state index in [1.165, 1.54) is 6.07 Å². The topological polar surface area (TPSA) is 50.9 Å². The number of phenolic OH excluding ortho intramolecular Hbond substituents is 1. The van der Waals surface area contributed by atoms with E-state index in [9.17, 15) is 5.11 Å². The smallest absolute Gasteiger partial charge is 0.179 e. The average molecular weight is 322 g/mol. The fourth-order valence-corrected chi connectivity index (χ4v) is 2.92. The van der Waals surface area contributed by atoms with Crippen LogP contribution in [0.5, 0.6) is 5.75 Å². The number of aromatic nitrogens is 3. The summed E-state index contributed by atoms with van der Waals surface area (Å²) in [6, 6.07) is 6.93. The first-order valence-electron chi connectivity index (χ1n) is 6.53. The van der Waals surface area contributed by atoms with Gasteiger partial charge in [-0.2, -0.15) is 0 Å². The Morgan fingerprint density at radius 1 is 1.19 bits per heavy atom. The summed E-state index contributed by atoms with van der Waals surface area (Å²) in [5.74, 6) is 0.769. The standard InChI is InChI=1S/C15H13Cl2N3O/c1-3-20-10-4-5-12(17)18-14(10)19-15(20)13-8(2)6-9(16)7-11(13)21/h4-7,21H,3H2,1-2H3. The summed E-state index contributed by atoms with van der Waals surface area (Å²) >= 11 is 11.9. The lowest BCUT2D eigenvalue weighted by molar-refractivity contribution is 0.476. The van der Waals surface area contributed by atoms with Crippen molar-refractivity contribution in [2.75, 3.05) is 0 Å². The van der Waals surface area contributed by atoms with Crippen molar-refractivity contribution in [3.8, 4) is 17.1 Å². The van der Waals surface area contributed by atoms with Gasteiger partial charge in [0.1, 0.15) is 16.7 Å². The van der Waals surface area contributed by atoms with Crippen molar-refractivity contribution in [2.24, 2.45) is 0 Å². The van der Waals surface area contributed by atoms with Gasteiger partial charge < -0.3 is 9.67 Å². The Labute approximate surface area is 132 Å². The maximum Gasteiger partial charge on any atom is 0.179 e. The molecule has 0 saturated carbocycles. The second-order valence-corrected chi connectivity index (χ2v) is 5.60. The maximum atomic E-state index is 10.2. The third kappa shape index (κ3) is 2.34. The predicted molar refractivity (Wildman–Crippen MR) is 85.1 cm³/mol. The molecule has 0 atom stereocenters. The highest BCUT2D eigenvalue weighted by atomic mass is 35.5. The number of pyridine rings is 1. The molecule has 0 aliphatic rings. The van der Waals surface area contributed by atoms with E-state index in [1.807, 2.05) is 24.5 Å². The van der Waals surface area contributed by atoms with Crippen molar-refractivity contribution >= 4 is 34.4 Å². The molecule has 3 aromatic rings. The van der Waals surface area contributed by atoms with Gasteiger partial charge in [0.15, 0.2) is 5.65 Å². The first-order chi connectivity index (χ1) is 10.0. The highest BCUT2D eigenvalue weighted by molar-refractivity contribution is 6.31. The summed E-state index contributed by atoms with van der Waals surface area (Å²) in [6.07, 6.45) is 0. The molecule has 0 saturated heterocycles. The molecule has 108 valence electrons. The van der Waals surface area contributed by atoms with Crippen LogP contribution in [0, 0.1) is 6.92 Å². The van der Waals surface area contributed by atoms with Crippen LogP contribution < -0.4 is 0 Å². The number of imidazole rings is 1. The quantitative estimate of drug-likeness (QED) is 0.710. The van der Waals surface area contributed by atoms with Crippen LogP contribution in [0.4, 0.5) is 0 Å². The lowest BCUT2D eigenvalue weighted by Gasteiger charge is -2.11. The number of nitrogens with zero attached hydrogens (tertiary/aromatic N) is 3. The van der Waals surface area contributed by atoms with Crippen LogP contribution in [0.2, 0.25) is 10.2 Å². The molecule has 4 nitrogen and oxygen atoms in total. The zero-order chi connectivity index (χ0) is 15.1. The van der Waals surface area contributed by atoms with E-state index in [4.69, 9.17) is 23.2 Å². The number of halogens is 2. The molecule has 1 N–H and O–H groups in total. The third-order valence-corrected chi connectivity index (χ3v) is 3.83. The summed E-state index contributed by atoms with van der Waals surface area (Å²) in [5.41, 5.74) is 2.96. The lowest BCUT2D eigenvalue weighted by atomic mass is 10.1. The largest absolute Gasteiger partial charge is 0.507 e. The van der Waals surface area contributed by atoms with E-state index < -0.39 is 0 Å². The van der Waals surface area contributed by atoms with Crippen molar-refractivity contribution in [2.45, 2.75) is 20.4 Å². The molecule has 0 fully saturated rings. The second-order valence-electron chi connectivity index (χ2n) is 4.77. The van der Waals surface area contributed by atoms with Gasteiger partial charge in [0, 0.05) is 11.6 Å². The van der Waals surface area contributed by atoms with E-state index >= 15 is 0 Å². The number of benzene rings is 1. The van der Waals surface area contributed by atoms with Crippen LogP contribution in [0.25, 0.3) is 22.6 Å². The minimum Gasteiger partial charge on any atom is -0.507 e. The average Bonchev–Trinajstić information content (AvgIpc) is 2.74. The monoisotopic (exact) mass is 321 g/mol.